The zero-order valence-electron chi connectivity index (χ0n) is 12.8. The summed E-state index contributed by atoms with van der Waals surface area (Å²) in [7, 11) is 2.23. The summed E-state index contributed by atoms with van der Waals surface area (Å²) in [5, 5.41) is 0. The summed E-state index contributed by atoms with van der Waals surface area (Å²) in [6, 6.07) is 11.5. The molecule has 0 saturated carbocycles. The van der Waals surface area contributed by atoms with Crippen LogP contribution in [0.3, 0.4) is 0 Å². The first kappa shape index (κ1) is 15.8. The Kier molecular flexibility index (Phi) is 6.34. The zero-order valence-corrected chi connectivity index (χ0v) is 13.5. The van der Waals surface area contributed by atoms with Crippen LogP contribution in [0.25, 0.3) is 0 Å². The van der Waals surface area contributed by atoms with Crippen molar-refractivity contribution in [1.82, 2.24) is 9.80 Å². The van der Waals surface area contributed by atoms with Gasteiger partial charge in [-0.1, -0.05) is 37.3 Å². The Morgan fingerprint density at radius 3 is 2.65 bits per heavy atom. The lowest BCUT2D eigenvalue weighted by atomic mass is 10.00. The lowest BCUT2D eigenvalue weighted by molar-refractivity contribution is 0.0848. The molecule has 0 radical (unpaired) electrons. The van der Waals surface area contributed by atoms with E-state index in [1.165, 1.54) is 31.6 Å². The van der Waals surface area contributed by atoms with Crippen LogP contribution in [0.1, 0.15) is 31.4 Å². The van der Waals surface area contributed by atoms with Gasteiger partial charge in [-0.3, -0.25) is 4.90 Å². The second-order valence-corrected chi connectivity index (χ2v) is 6.47. The van der Waals surface area contributed by atoms with Gasteiger partial charge in [0.25, 0.3) is 0 Å². The predicted octanol–water partition coefficient (Wildman–Crippen LogP) is 3.63. The molecule has 1 fully saturated rings. The SMILES string of the molecule is CC(CCCl)CCN1CCN(C)CC1c1ccccc1. The minimum absolute atomic E-state index is 0.540. The van der Waals surface area contributed by atoms with Crippen LogP contribution >= 0.6 is 11.6 Å². The van der Waals surface area contributed by atoms with E-state index in [0.29, 0.717) is 6.04 Å². The van der Waals surface area contributed by atoms with Crippen LogP contribution in [0.5, 0.6) is 0 Å². The Morgan fingerprint density at radius 1 is 1.20 bits per heavy atom. The van der Waals surface area contributed by atoms with Gasteiger partial charge in [0.05, 0.1) is 0 Å². The molecule has 0 amide bonds. The number of halogens is 1. The highest BCUT2D eigenvalue weighted by Gasteiger charge is 2.26. The molecule has 1 saturated heterocycles. The topological polar surface area (TPSA) is 6.48 Å². The molecule has 0 aliphatic carbocycles. The van der Waals surface area contributed by atoms with Crippen molar-refractivity contribution in [2.45, 2.75) is 25.8 Å². The van der Waals surface area contributed by atoms with Crippen LogP contribution in [0.2, 0.25) is 0 Å². The molecule has 20 heavy (non-hydrogen) atoms. The average molecular weight is 295 g/mol. The summed E-state index contributed by atoms with van der Waals surface area (Å²) in [6.07, 6.45) is 2.38. The van der Waals surface area contributed by atoms with E-state index in [0.717, 1.165) is 24.8 Å². The molecule has 2 rings (SSSR count). The number of piperazine rings is 1. The van der Waals surface area contributed by atoms with Gasteiger partial charge in [0.15, 0.2) is 0 Å². The van der Waals surface area contributed by atoms with Crippen molar-refractivity contribution in [2.75, 3.05) is 39.1 Å². The van der Waals surface area contributed by atoms with Gasteiger partial charge in [-0.2, -0.15) is 0 Å². The van der Waals surface area contributed by atoms with Crippen molar-refractivity contribution in [3.63, 3.8) is 0 Å². The average Bonchev–Trinajstić information content (AvgIpc) is 2.47. The van der Waals surface area contributed by atoms with Crippen molar-refractivity contribution >= 4 is 11.6 Å². The minimum atomic E-state index is 0.540. The lowest BCUT2D eigenvalue weighted by Crippen LogP contribution is -2.47. The molecule has 1 heterocycles. The van der Waals surface area contributed by atoms with Gasteiger partial charge in [0.1, 0.15) is 0 Å². The highest BCUT2D eigenvalue weighted by molar-refractivity contribution is 6.17. The van der Waals surface area contributed by atoms with E-state index < -0.39 is 0 Å². The Labute approximate surface area is 128 Å². The van der Waals surface area contributed by atoms with Crippen LogP contribution in [0.4, 0.5) is 0 Å². The molecule has 0 N–H and O–H groups in total. The predicted molar refractivity (Wildman–Crippen MR) is 87.4 cm³/mol. The number of nitrogens with zero attached hydrogens (tertiary/aromatic N) is 2. The Morgan fingerprint density at radius 2 is 1.95 bits per heavy atom. The molecule has 1 aromatic rings. The highest BCUT2D eigenvalue weighted by atomic mass is 35.5. The molecule has 1 aromatic carbocycles. The number of hydrogen-bond donors (Lipinski definition) is 0. The van der Waals surface area contributed by atoms with Crippen LogP contribution in [-0.2, 0) is 0 Å². The Hall–Kier alpha value is -0.570. The van der Waals surface area contributed by atoms with Crippen molar-refractivity contribution in [1.29, 1.82) is 0 Å². The molecular weight excluding hydrogens is 268 g/mol. The van der Waals surface area contributed by atoms with Gasteiger partial charge >= 0.3 is 0 Å². The van der Waals surface area contributed by atoms with Crippen molar-refractivity contribution in [3.8, 4) is 0 Å². The first-order valence-corrected chi connectivity index (χ1v) is 8.27. The second kappa shape index (κ2) is 8.02. The number of benzene rings is 1. The summed E-state index contributed by atoms with van der Waals surface area (Å²) >= 11 is 5.84. The molecule has 0 bridgehead atoms. The first-order valence-electron chi connectivity index (χ1n) is 7.74. The summed E-state index contributed by atoms with van der Waals surface area (Å²) in [5.74, 6) is 1.51. The highest BCUT2D eigenvalue weighted by Crippen LogP contribution is 2.25. The molecule has 1 aliphatic rings. The number of likely N-dealkylation sites (N-methyl/N-ethyl adjacent to an activating group) is 1. The molecular formula is C17H27ClN2. The number of alkyl halides is 1. The summed E-state index contributed by atoms with van der Waals surface area (Å²) in [5.41, 5.74) is 1.45. The third-order valence-corrected chi connectivity index (χ3v) is 4.61. The van der Waals surface area contributed by atoms with Gasteiger partial charge in [0.2, 0.25) is 0 Å². The second-order valence-electron chi connectivity index (χ2n) is 6.10. The maximum absolute atomic E-state index is 5.84. The van der Waals surface area contributed by atoms with E-state index in [9.17, 15) is 0 Å². The van der Waals surface area contributed by atoms with E-state index in [1.807, 2.05) is 0 Å². The van der Waals surface area contributed by atoms with Crippen LogP contribution in [0, 0.1) is 5.92 Å². The first-order chi connectivity index (χ1) is 9.70. The van der Waals surface area contributed by atoms with Gasteiger partial charge in [0, 0.05) is 31.6 Å². The molecule has 2 nitrogen and oxygen atoms in total. The fraction of sp³-hybridized carbons (Fsp3) is 0.647. The molecule has 0 spiro atoms. The van der Waals surface area contributed by atoms with Gasteiger partial charge in [-0.15, -0.1) is 11.6 Å². The smallest absolute Gasteiger partial charge is 0.0475 e. The Bertz CT molecular complexity index is 382. The quantitative estimate of drug-likeness (QED) is 0.739. The number of rotatable bonds is 6. The monoisotopic (exact) mass is 294 g/mol. The fourth-order valence-electron chi connectivity index (χ4n) is 2.93. The van der Waals surface area contributed by atoms with E-state index in [4.69, 9.17) is 11.6 Å². The van der Waals surface area contributed by atoms with Gasteiger partial charge in [-0.25, -0.2) is 0 Å². The van der Waals surface area contributed by atoms with Crippen LogP contribution < -0.4 is 0 Å². The largest absolute Gasteiger partial charge is 0.303 e. The summed E-state index contributed by atoms with van der Waals surface area (Å²) < 4.78 is 0. The third kappa shape index (κ3) is 4.47. The molecule has 3 heteroatoms. The van der Waals surface area contributed by atoms with E-state index in [1.54, 1.807) is 0 Å². The fourth-order valence-corrected chi connectivity index (χ4v) is 3.31. The maximum atomic E-state index is 5.84. The molecule has 1 aliphatic heterocycles. The third-order valence-electron chi connectivity index (χ3n) is 4.39. The summed E-state index contributed by atoms with van der Waals surface area (Å²) in [4.78, 5) is 5.09. The number of hydrogen-bond acceptors (Lipinski definition) is 2. The Balaban J connectivity index is 1.98. The molecule has 112 valence electrons. The van der Waals surface area contributed by atoms with Crippen molar-refractivity contribution in [3.05, 3.63) is 35.9 Å². The lowest BCUT2D eigenvalue weighted by Gasteiger charge is -2.40. The van der Waals surface area contributed by atoms with E-state index >= 15 is 0 Å². The van der Waals surface area contributed by atoms with E-state index in [2.05, 4.69) is 54.1 Å². The van der Waals surface area contributed by atoms with Gasteiger partial charge < -0.3 is 4.90 Å². The molecule has 2 unspecified atom stereocenters. The van der Waals surface area contributed by atoms with Crippen molar-refractivity contribution in [2.24, 2.45) is 5.92 Å². The normalized spacial score (nSPS) is 22.9. The van der Waals surface area contributed by atoms with Crippen LogP contribution in [0.15, 0.2) is 30.3 Å². The summed E-state index contributed by atoms with van der Waals surface area (Å²) in [6.45, 7) is 6.98. The standard InChI is InChI=1S/C17H27ClN2/c1-15(8-10-18)9-11-20-13-12-19(2)14-17(20)16-6-4-3-5-7-16/h3-7,15,17H,8-14H2,1-2H3. The maximum Gasteiger partial charge on any atom is 0.0475 e. The van der Waals surface area contributed by atoms with E-state index in [-0.39, 0.29) is 0 Å². The molecule has 0 aromatic heterocycles. The van der Waals surface area contributed by atoms with Crippen molar-refractivity contribution < 1.29 is 0 Å². The van der Waals surface area contributed by atoms with Crippen LogP contribution in [-0.4, -0.2) is 48.9 Å². The van der Waals surface area contributed by atoms with Gasteiger partial charge in [-0.05, 0) is 37.9 Å². The molecule has 2 atom stereocenters. The zero-order chi connectivity index (χ0) is 14.4. The minimum Gasteiger partial charge on any atom is -0.303 e.